The molecule has 1 aromatic heterocycles. The third kappa shape index (κ3) is 3.28. The maximum atomic E-state index is 11.6. The lowest BCUT2D eigenvalue weighted by Gasteiger charge is -2.03. The Labute approximate surface area is 104 Å². The van der Waals surface area contributed by atoms with Crippen LogP contribution in [0.5, 0.6) is 0 Å². The van der Waals surface area contributed by atoms with Gasteiger partial charge in [0.05, 0.1) is 28.8 Å². The number of carbonyl (C=O) groups is 1. The first kappa shape index (κ1) is 13.1. The molecule has 0 radical (unpaired) electrons. The van der Waals surface area contributed by atoms with E-state index in [0.29, 0.717) is 19.5 Å². The molecule has 0 bridgehead atoms. The van der Waals surface area contributed by atoms with Crippen molar-refractivity contribution in [3.8, 4) is 0 Å². The summed E-state index contributed by atoms with van der Waals surface area (Å²) in [6.45, 7) is 6.50. The molecule has 1 N–H and O–H groups in total. The van der Waals surface area contributed by atoms with Crippen molar-refractivity contribution in [2.45, 2.75) is 13.3 Å². The van der Waals surface area contributed by atoms with E-state index < -0.39 is 0 Å². The van der Waals surface area contributed by atoms with E-state index in [1.165, 1.54) is 0 Å². The minimum atomic E-state index is 0.144. The van der Waals surface area contributed by atoms with Crippen molar-refractivity contribution in [2.24, 2.45) is 7.05 Å². The highest BCUT2D eigenvalue weighted by atomic mass is 79.9. The molecule has 0 spiro atoms. The Hall–Kier alpha value is -0.940. The van der Waals surface area contributed by atoms with Gasteiger partial charge in [0.1, 0.15) is 0 Å². The van der Waals surface area contributed by atoms with Gasteiger partial charge in [0.2, 0.25) is 0 Å². The highest BCUT2D eigenvalue weighted by molar-refractivity contribution is 9.10. The number of ketones is 1. The Balaban J connectivity index is 2.59. The van der Waals surface area contributed by atoms with Gasteiger partial charge in [-0.25, -0.2) is 0 Å². The molecule has 0 aliphatic rings. The summed E-state index contributed by atoms with van der Waals surface area (Å²) < 4.78 is 2.66. The number of hydrogen-bond donors (Lipinski definition) is 1. The van der Waals surface area contributed by atoms with E-state index in [-0.39, 0.29) is 5.78 Å². The molecule has 0 saturated heterocycles. The van der Waals surface area contributed by atoms with Gasteiger partial charge in [-0.15, -0.1) is 6.58 Å². The summed E-state index contributed by atoms with van der Waals surface area (Å²) in [5, 5.41) is 7.23. The molecule has 88 valence electrons. The lowest BCUT2D eigenvalue weighted by molar-refractivity contribution is -0.117. The molecule has 1 aromatic rings. The fraction of sp³-hybridized carbons (Fsp3) is 0.455. The van der Waals surface area contributed by atoms with Gasteiger partial charge < -0.3 is 5.32 Å². The monoisotopic (exact) mass is 285 g/mol. The van der Waals surface area contributed by atoms with Gasteiger partial charge in [-0.1, -0.05) is 6.08 Å². The summed E-state index contributed by atoms with van der Waals surface area (Å²) in [5.41, 5.74) is 1.83. The van der Waals surface area contributed by atoms with Crippen molar-refractivity contribution in [3.63, 3.8) is 0 Å². The second-order valence-corrected chi connectivity index (χ2v) is 4.40. The average molecular weight is 286 g/mol. The molecule has 0 fully saturated rings. The Morgan fingerprint density at radius 1 is 1.69 bits per heavy atom. The number of Topliss-reactive ketones (excluding diaryl/α,β-unsaturated/α-hetero) is 1. The highest BCUT2D eigenvalue weighted by Crippen LogP contribution is 2.20. The van der Waals surface area contributed by atoms with Gasteiger partial charge in [-0.05, 0) is 22.9 Å². The zero-order chi connectivity index (χ0) is 12.1. The Kier molecular flexibility index (Phi) is 4.89. The zero-order valence-electron chi connectivity index (χ0n) is 9.59. The maximum absolute atomic E-state index is 11.6. The zero-order valence-corrected chi connectivity index (χ0v) is 11.2. The minimum Gasteiger partial charge on any atom is -0.307 e. The number of aromatic nitrogens is 2. The lowest BCUT2D eigenvalue weighted by atomic mass is 10.2. The quantitative estimate of drug-likeness (QED) is 0.635. The van der Waals surface area contributed by atoms with Crippen LogP contribution < -0.4 is 5.32 Å². The Bertz CT molecular complexity index is 398. The molecule has 0 aliphatic carbocycles. The third-order valence-electron chi connectivity index (χ3n) is 2.24. The first-order valence-corrected chi connectivity index (χ1v) is 5.86. The van der Waals surface area contributed by atoms with Gasteiger partial charge in [-0.3, -0.25) is 9.48 Å². The summed E-state index contributed by atoms with van der Waals surface area (Å²) in [7, 11) is 1.84. The van der Waals surface area contributed by atoms with E-state index in [0.717, 1.165) is 15.9 Å². The Morgan fingerprint density at radius 2 is 2.38 bits per heavy atom. The van der Waals surface area contributed by atoms with Crippen molar-refractivity contribution in [3.05, 3.63) is 28.5 Å². The molecule has 1 heterocycles. The van der Waals surface area contributed by atoms with E-state index in [2.05, 4.69) is 32.9 Å². The SMILES string of the molecule is C=CCNCC(=O)Cc1c(Br)c(C)nn1C. The summed E-state index contributed by atoms with van der Waals surface area (Å²) in [6.07, 6.45) is 2.12. The largest absolute Gasteiger partial charge is 0.307 e. The summed E-state index contributed by atoms with van der Waals surface area (Å²) >= 11 is 3.44. The smallest absolute Gasteiger partial charge is 0.152 e. The molecule has 4 nitrogen and oxygen atoms in total. The van der Waals surface area contributed by atoms with Crippen LogP contribution in [0.15, 0.2) is 17.1 Å². The third-order valence-corrected chi connectivity index (χ3v) is 3.27. The number of halogens is 1. The topological polar surface area (TPSA) is 46.9 Å². The van der Waals surface area contributed by atoms with Crippen LogP contribution in [0.2, 0.25) is 0 Å². The van der Waals surface area contributed by atoms with Gasteiger partial charge in [0, 0.05) is 13.6 Å². The number of rotatable bonds is 6. The second-order valence-electron chi connectivity index (χ2n) is 3.60. The summed E-state index contributed by atoms with van der Waals surface area (Å²) in [6, 6.07) is 0. The summed E-state index contributed by atoms with van der Waals surface area (Å²) in [4.78, 5) is 11.6. The first-order valence-electron chi connectivity index (χ1n) is 5.07. The van der Waals surface area contributed by atoms with Crippen molar-refractivity contribution in [2.75, 3.05) is 13.1 Å². The molecule has 0 saturated carbocycles. The molecule has 0 atom stereocenters. The molecule has 1 rings (SSSR count). The van der Waals surface area contributed by atoms with Crippen molar-refractivity contribution >= 4 is 21.7 Å². The van der Waals surface area contributed by atoms with Crippen LogP contribution in [0.4, 0.5) is 0 Å². The average Bonchev–Trinajstić information content (AvgIpc) is 2.46. The summed E-state index contributed by atoms with van der Waals surface area (Å²) in [5.74, 6) is 0.144. The van der Waals surface area contributed by atoms with Crippen LogP contribution in [0.25, 0.3) is 0 Å². The molecule has 16 heavy (non-hydrogen) atoms. The standard InChI is InChI=1S/C11H16BrN3O/c1-4-5-13-7-9(16)6-10-11(12)8(2)14-15(10)3/h4,13H,1,5-7H2,2-3H3. The fourth-order valence-electron chi connectivity index (χ4n) is 1.44. The van der Waals surface area contributed by atoms with Gasteiger partial charge in [0.15, 0.2) is 5.78 Å². The van der Waals surface area contributed by atoms with Crippen LogP contribution >= 0.6 is 15.9 Å². The van der Waals surface area contributed by atoms with E-state index >= 15 is 0 Å². The number of aryl methyl sites for hydroxylation is 2. The van der Waals surface area contributed by atoms with E-state index in [1.807, 2.05) is 14.0 Å². The number of carbonyl (C=O) groups excluding carboxylic acids is 1. The normalized spacial score (nSPS) is 10.4. The molecule has 0 amide bonds. The fourth-order valence-corrected chi connectivity index (χ4v) is 1.91. The van der Waals surface area contributed by atoms with E-state index in [9.17, 15) is 4.79 Å². The Morgan fingerprint density at radius 3 is 2.88 bits per heavy atom. The van der Waals surface area contributed by atoms with Crippen LogP contribution in [0.1, 0.15) is 11.4 Å². The minimum absolute atomic E-state index is 0.144. The first-order chi connectivity index (χ1) is 7.56. The number of nitrogens with one attached hydrogen (secondary N) is 1. The van der Waals surface area contributed by atoms with Crippen molar-refractivity contribution in [1.29, 1.82) is 0 Å². The van der Waals surface area contributed by atoms with E-state index in [1.54, 1.807) is 10.8 Å². The van der Waals surface area contributed by atoms with Crippen molar-refractivity contribution < 1.29 is 4.79 Å². The van der Waals surface area contributed by atoms with E-state index in [4.69, 9.17) is 0 Å². The highest BCUT2D eigenvalue weighted by Gasteiger charge is 2.13. The number of hydrogen-bond acceptors (Lipinski definition) is 3. The van der Waals surface area contributed by atoms with Crippen LogP contribution in [0, 0.1) is 6.92 Å². The van der Waals surface area contributed by atoms with Gasteiger partial charge in [-0.2, -0.15) is 5.10 Å². The second kappa shape index (κ2) is 5.96. The number of nitrogens with zero attached hydrogens (tertiary/aromatic N) is 2. The van der Waals surface area contributed by atoms with Crippen LogP contribution in [0.3, 0.4) is 0 Å². The predicted molar refractivity (Wildman–Crippen MR) is 67.4 cm³/mol. The maximum Gasteiger partial charge on any atom is 0.152 e. The molecule has 0 aliphatic heterocycles. The van der Waals surface area contributed by atoms with Gasteiger partial charge >= 0.3 is 0 Å². The van der Waals surface area contributed by atoms with Gasteiger partial charge in [0.25, 0.3) is 0 Å². The molecular formula is C11H16BrN3O. The predicted octanol–water partition coefficient (Wildman–Crippen LogP) is 1.38. The van der Waals surface area contributed by atoms with Crippen molar-refractivity contribution in [1.82, 2.24) is 15.1 Å². The lowest BCUT2D eigenvalue weighted by Crippen LogP contribution is -2.24. The molecular weight excluding hydrogens is 270 g/mol. The molecule has 0 unspecified atom stereocenters. The molecule has 5 heteroatoms. The van der Waals surface area contributed by atoms with Crippen LogP contribution in [-0.4, -0.2) is 28.7 Å². The van der Waals surface area contributed by atoms with Crippen LogP contribution in [-0.2, 0) is 18.3 Å². The molecule has 0 aromatic carbocycles.